The van der Waals surface area contributed by atoms with Crippen molar-refractivity contribution in [1.29, 1.82) is 0 Å². The Bertz CT molecular complexity index is 757. The normalized spacial score (nSPS) is 22.0. The van der Waals surface area contributed by atoms with E-state index in [9.17, 15) is 16.8 Å². The number of hydrogen-bond donors (Lipinski definition) is 0. The number of benzene rings is 1. The van der Waals surface area contributed by atoms with Crippen molar-refractivity contribution in [2.75, 3.05) is 13.1 Å². The van der Waals surface area contributed by atoms with Crippen LogP contribution in [0.2, 0.25) is 0 Å². The molecule has 1 aliphatic carbocycles. The van der Waals surface area contributed by atoms with Crippen LogP contribution in [0.5, 0.6) is 0 Å². The van der Waals surface area contributed by atoms with Gasteiger partial charge in [0.25, 0.3) is 0 Å². The van der Waals surface area contributed by atoms with E-state index in [0.29, 0.717) is 0 Å². The Hall–Kier alpha value is -0.920. The summed E-state index contributed by atoms with van der Waals surface area (Å²) in [6.07, 6.45) is 4.47. The first kappa shape index (κ1) is 16.9. The summed E-state index contributed by atoms with van der Waals surface area (Å²) >= 11 is 0. The highest BCUT2D eigenvalue weighted by molar-refractivity contribution is 7.93. The molecule has 1 aromatic carbocycles. The zero-order valence-corrected chi connectivity index (χ0v) is 14.9. The van der Waals surface area contributed by atoms with Crippen LogP contribution in [0, 0.1) is 6.92 Å². The van der Waals surface area contributed by atoms with Crippen molar-refractivity contribution < 1.29 is 16.8 Å². The number of hydrogen-bond acceptors (Lipinski definition) is 4. The quantitative estimate of drug-likeness (QED) is 0.827. The van der Waals surface area contributed by atoms with Crippen LogP contribution < -0.4 is 0 Å². The molecule has 2 fully saturated rings. The van der Waals surface area contributed by atoms with Crippen molar-refractivity contribution in [3.63, 3.8) is 0 Å². The van der Waals surface area contributed by atoms with Crippen molar-refractivity contribution in [1.82, 2.24) is 4.31 Å². The van der Waals surface area contributed by atoms with Gasteiger partial charge in [0.1, 0.15) is 0 Å². The molecule has 1 aliphatic heterocycles. The molecular formula is C16H23NO4S2. The van der Waals surface area contributed by atoms with Crippen LogP contribution >= 0.6 is 0 Å². The van der Waals surface area contributed by atoms with Gasteiger partial charge >= 0.3 is 0 Å². The Morgan fingerprint density at radius 3 is 2.00 bits per heavy atom. The second-order valence-corrected chi connectivity index (χ2v) is 11.1. The smallest absolute Gasteiger partial charge is 0.228 e. The minimum Gasteiger partial charge on any atom is -0.228 e. The summed E-state index contributed by atoms with van der Waals surface area (Å²) < 4.78 is 51.5. The van der Waals surface area contributed by atoms with Gasteiger partial charge in [0, 0.05) is 13.1 Å². The average molecular weight is 357 g/mol. The van der Waals surface area contributed by atoms with E-state index in [4.69, 9.17) is 0 Å². The lowest BCUT2D eigenvalue weighted by atomic mass is 10.0. The van der Waals surface area contributed by atoms with Gasteiger partial charge in [0.15, 0.2) is 9.84 Å². The fourth-order valence-corrected chi connectivity index (χ4v) is 7.36. The van der Waals surface area contributed by atoms with Gasteiger partial charge in [-0.3, -0.25) is 0 Å². The molecule has 0 atom stereocenters. The highest BCUT2D eigenvalue weighted by Crippen LogP contribution is 2.32. The molecule has 3 rings (SSSR count). The maximum Gasteiger partial charge on any atom is 0.243 e. The summed E-state index contributed by atoms with van der Waals surface area (Å²) in [6, 6.07) is 6.66. The van der Waals surface area contributed by atoms with Crippen LogP contribution in [0.1, 0.15) is 37.7 Å². The van der Waals surface area contributed by atoms with Crippen LogP contribution in [0.3, 0.4) is 0 Å². The van der Waals surface area contributed by atoms with Crippen LogP contribution in [0.25, 0.3) is 0 Å². The van der Waals surface area contributed by atoms with Crippen molar-refractivity contribution in [3.05, 3.63) is 29.8 Å². The maximum atomic E-state index is 12.6. The largest absolute Gasteiger partial charge is 0.243 e. The van der Waals surface area contributed by atoms with E-state index in [1.165, 1.54) is 4.31 Å². The van der Waals surface area contributed by atoms with Crippen molar-refractivity contribution in [2.24, 2.45) is 0 Å². The highest BCUT2D eigenvalue weighted by atomic mass is 32.2. The molecule has 0 aromatic heterocycles. The molecule has 0 N–H and O–H groups in total. The SMILES string of the molecule is Cc1ccc(S(=O)(=O)N2CC(S(=O)(=O)C3CCCCC3)C2)cc1. The fourth-order valence-electron chi connectivity index (χ4n) is 3.33. The molecule has 2 aliphatic rings. The predicted octanol–water partition coefficient (Wildman–Crippen LogP) is 2.12. The monoisotopic (exact) mass is 357 g/mol. The molecule has 1 saturated carbocycles. The number of sulfonamides is 1. The standard InChI is InChI=1S/C16H23NO4S2/c1-13-7-9-15(10-8-13)23(20,21)17-11-16(12-17)22(18,19)14-5-3-2-4-6-14/h7-10,14,16H,2-6,11-12H2,1H3. The number of rotatable bonds is 4. The molecule has 1 aromatic rings. The van der Waals surface area contributed by atoms with E-state index >= 15 is 0 Å². The number of sulfone groups is 1. The molecule has 1 heterocycles. The Balaban J connectivity index is 1.69. The maximum absolute atomic E-state index is 12.6. The minimum atomic E-state index is -3.57. The molecule has 5 nitrogen and oxygen atoms in total. The molecule has 1 saturated heterocycles. The molecule has 0 unspecified atom stereocenters. The third-order valence-corrected chi connectivity index (χ3v) is 9.43. The van der Waals surface area contributed by atoms with Crippen LogP contribution in [-0.4, -0.2) is 44.7 Å². The third kappa shape index (κ3) is 3.19. The van der Waals surface area contributed by atoms with Gasteiger partial charge in [-0.25, -0.2) is 16.8 Å². The molecule has 0 bridgehead atoms. The van der Waals surface area contributed by atoms with Gasteiger partial charge in [0.05, 0.1) is 15.4 Å². The Labute approximate surface area is 138 Å². The summed E-state index contributed by atoms with van der Waals surface area (Å²) in [6.45, 7) is 2.08. The van der Waals surface area contributed by atoms with Gasteiger partial charge in [-0.1, -0.05) is 37.0 Å². The first-order valence-electron chi connectivity index (χ1n) is 8.11. The third-order valence-electron chi connectivity index (χ3n) is 4.95. The number of nitrogens with zero attached hydrogens (tertiary/aromatic N) is 1. The van der Waals surface area contributed by atoms with Gasteiger partial charge < -0.3 is 0 Å². The predicted molar refractivity (Wildman–Crippen MR) is 89.5 cm³/mol. The minimum absolute atomic E-state index is 0.0923. The summed E-state index contributed by atoms with van der Waals surface area (Å²) in [5, 5.41) is -0.809. The lowest BCUT2D eigenvalue weighted by molar-refractivity contribution is 0.306. The van der Waals surface area contributed by atoms with E-state index in [1.54, 1.807) is 24.3 Å². The molecular weight excluding hydrogens is 334 g/mol. The van der Waals surface area contributed by atoms with Gasteiger partial charge in [0.2, 0.25) is 10.0 Å². The number of aryl methyl sites for hydroxylation is 1. The Morgan fingerprint density at radius 1 is 0.870 bits per heavy atom. The van der Waals surface area contributed by atoms with E-state index in [-0.39, 0.29) is 23.2 Å². The van der Waals surface area contributed by atoms with Crippen molar-refractivity contribution >= 4 is 19.9 Å². The Morgan fingerprint density at radius 2 is 1.43 bits per heavy atom. The lowest BCUT2D eigenvalue weighted by Crippen LogP contribution is -2.58. The average Bonchev–Trinajstić information content (AvgIpc) is 2.46. The van der Waals surface area contributed by atoms with Crippen LogP contribution in [-0.2, 0) is 19.9 Å². The fraction of sp³-hybridized carbons (Fsp3) is 0.625. The Kier molecular flexibility index (Phi) is 4.55. The van der Waals surface area contributed by atoms with E-state index in [2.05, 4.69) is 0 Å². The van der Waals surface area contributed by atoms with E-state index in [1.807, 2.05) is 6.92 Å². The molecule has 0 radical (unpaired) electrons. The topological polar surface area (TPSA) is 71.5 Å². The highest BCUT2D eigenvalue weighted by Gasteiger charge is 2.46. The van der Waals surface area contributed by atoms with Crippen molar-refractivity contribution in [3.8, 4) is 0 Å². The summed E-state index contributed by atoms with van der Waals surface area (Å²) in [5.41, 5.74) is 0.991. The molecule has 128 valence electrons. The molecule has 23 heavy (non-hydrogen) atoms. The van der Waals surface area contributed by atoms with E-state index in [0.717, 1.165) is 37.7 Å². The second-order valence-electron chi connectivity index (χ2n) is 6.61. The zero-order chi connectivity index (χ0) is 16.7. The van der Waals surface area contributed by atoms with Gasteiger partial charge in [-0.05, 0) is 31.9 Å². The van der Waals surface area contributed by atoms with E-state index < -0.39 is 25.1 Å². The van der Waals surface area contributed by atoms with Gasteiger partial charge in [-0.15, -0.1) is 0 Å². The van der Waals surface area contributed by atoms with Crippen molar-refractivity contribution in [2.45, 2.75) is 54.4 Å². The van der Waals surface area contributed by atoms with Crippen LogP contribution in [0.4, 0.5) is 0 Å². The molecule has 7 heteroatoms. The molecule has 0 spiro atoms. The van der Waals surface area contributed by atoms with Crippen LogP contribution in [0.15, 0.2) is 29.2 Å². The zero-order valence-electron chi connectivity index (χ0n) is 13.3. The summed E-state index contributed by atoms with van der Waals surface area (Å²) in [7, 11) is -6.79. The summed E-state index contributed by atoms with van der Waals surface area (Å²) in [5.74, 6) is 0. The lowest BCUT2D eigenvalue weighted by Gasteiger charge is -2.39. The van der Waals surface area contributed by atoms with Gasteiger partial charge in [-0.2, -0.15) is 4.31 Å². The molecule has 0 amide bonds. The second kappa shape index (κ2) is 6.18. The first-order chi connectivity index (χ1) is 10.8. The first-order valence-corrected chi connectivity index (χ1v) is 11.2. The summed E-state index contributed by atoms with van der Waals surface area (Å²) in [4.78, 5) is 0.233.